The molecule has 0 radical (unpaired) electrons. The fourth-order valence-electron chi connectivity index (χ4n) is 1.74. The summed E-state index contributed by atoms with van der Waals surface area (Å²) in [5.74, 6) is -2.21. The lowest BCUT2D eigenvalue weighted by atomic mass is 10.1. The summed E-state index contributed by atoms with van der Waals surface area (Å²) in [5.41, 5.74) is 7.03. The highest BCUT2D eigenvalue weighted by atomic mass is 19.1. The zero-order valence-corrected chi connectivity index (χ0v) is 11.1. The Morgan fingerprint density at radius 1 is 1.10 bits per heavy atom. The van der Waals surface area contributed by atoms with E-state index in [-0.39, 0.29) is 11.1 Å². The van der Waals surface area contributed by atoms with Crippen molar-refractivity contribution in [2.45, 2.75) is 13.8 Å². The van der Waals surface area contributed by atoms with Crippen molar-refractivity contribution < 1.29 is 13.6 Å². The minimum absolute atomic E-state index is 0.244. The van der Waals surface area contributed by atoms with Crippen molar-refractivity contribution in [1.82, 2.24) is 0 Å². The van der Waals surface area contributed by atoms with Crippen molar-refractivity contribution in [2.24, 2.45) is 0 Å². The van der Waals surface area contributed by atoms with Gasteiger partial charge in [0.25, 0.3) is 5.91 Å². The molecule has 20 heavy (non-hydrogen) atoms. The summed E-state index contributed by atoms with van der Waals surface area (Å²) in [6.07, 6.45) is 0. The lowest BCUT2D eigenvalue weighted by Gasteiger charge is -2.10. The minimum atomic E-state index is -0.818. The molecule has 3 N–H and O–H groups in total. The summed E-state index contributed by atoms with van der Waals surface area (Å²) in [4.78, 5) is 12.0. The van der Waals surface area contributed by atoms with E-state index >= 15 is 0 Å². The minimum Gasteiger partial charge on any atom is -0.398 e. The number of nitrogen functional groups attached to an aromatic ring is 1. The van der Waals surface area contributed by atoms with Crippen molar-refractivity contribution >= 4 is 17.3 Å². The molecule has 0 aliphatic heterocycles. The molecule has 0 aliphatic carbocycles. The van der Waals surface area contributed by atoms with Crippen LogP contribution in [0.3, 0.4) is 0 Å². The van der Waals surface area contributed by atoms with Crippen molar-refractivity contribution in [3.63, 3.8) is 0 Å². The Labute approximate surface area is 115 Å². The van der Waals surface area contributed by atoms with Crippen LogP contribution < -0.4 is 11.1 Å². The summed E-state index contributed by atoms with van der Waals surface area (Å²) in [7, 11) is 0. The van der Waals surface area contributed by atoms with Crippen LogP contribution >= 0.6 is 0 Å². The number of hydrogen-bond acceptors (Lipinski definition) is 2. The first-order valence-corrected chi connectivity index (χ1v) is 6.02. The third-order valence-electron chi connectivity index (χ3n) is 3.06. The van der Waals surface area contributed by atoms with Gasteiger partial charge in [0.15, 0.2) is 5.82 Å². The molecule has 0 saturated heterocycles. The first-order chi connectivity index (χ1) is 9.40. The maximum atomic E-state index is 13.8. The molecule has 0 aliphatic rings. The molecule has 0 fully saturated rings. The molecule has 0 bridgehead atoms. The molecule has 0 unspecified atom stereocenters. The molecule has 5 heteroatoms. The number of aryl methyl sites for hydroxylation is 2. The zero-order chi connectivity index (χ0) is 14.9. The Hall–Kier alpha value is -2.43. The highest BCUT2D eigenvalue weighted by Crippen LogP contribution is 2.23. The van der Waals surface area contributed by atoms with Gasteiger partial charge < -0.3 is 11.1 Å². The van der Waals surface area contributed by atoms with Crippen LogP contribution in [0.1, 0.15) is 21.5 Å². The van der Waals surface area contributed by atoms with Crippen LogP contribution in [0.5, 0.6) is 0 Å². The quantitative estimate of drug-likeness (QED) is 0.826. The number of nitrogens with two attached hydrogens (primary N) is 1. The molecular weight excluding hydrogens is 262 g/mol. The van der Waals surface area contributed by atoms with Crippen molar-refractivity contribution in [3.8, 4) is 0 Å². The average molecular weight is 276 g/mol. The molecule has 0 atom stereocenters. The van der Waals surface area contributed by atoms with E-state index in [0.29, 0.717) is 5.69 Å². The molecule has 1 amide bonds. The molecule has 0 saturated carbocycles. The summed E-state index contributed by atoms with van der Waals surface area (Å²) in [6, 6.07) is 7.11. The fraction of sp³-hybridized carbons (Fsp3) is 0.133. The van der Waals surface area contributed by atoms with Gasteiger partial charge in [-0.15, -0.1) is 0 Å². The Morgan fingerprint density at radius 2 is 1.75 bits per heavy atom. The van der Waals surface area contributed by atoms with E-state index in [2.05, 4.69) is 5.32 Å². The average Bonchev–Trinajstić information content (AvgIpc) is 2.42. The van der Waals surface area contributed by atoms with Gasteiger partial charge in [-0.1, -0.05) is 12.1 Å². The van der Waals surface area contributed by atoms with Crippen LogP contribution in [0.4, 0.5) is 20.2 Å². The molecule has 104 valence electrons. The first kappa shape index (κ1) is 14.0. The summed E-state index contributed by atoms with van der Waals surface area (Å²) in [6.45, 7) is 3.30. The second kappa shape index (κ2) is 5.28. The lowest BCUT2D eigenvalue weighted by molar-refractivity contribution is 0.102. The predicted molar refractivity (Wildman–Crippen MR) is 74.6 cm³/mol. The Kier molecular flexibility index (Phi) is 3.70. The number of nitrogens with one attached hydrogen (secondary N) is 1. The van der Waals surface area contributed by atoms with E-state index in [0.717, 1.165) is 11.6 Å². The third-order valence-corrected chi connectivity index (χ3v) is 3.06. The standard InChI is InChI=1S/C15H14F2N2O/c1-8-3-5-10(7-12(8)18)15(20)19-14-11(16)6-4-9(2)13(14)17/h3-7H,18H2,1-2H3,(H,19,20). The van der Waals surface area contributed by atoms with Gasteiger partial charge in [0, 0.05) is 11.3 Å². The number of hydrogen-bond donors (Lipinski definition) is 2. The van der Waals surface area contributed by atoms with Crippen molar-refractivity contribution in [3.05, 3.63) is 58.7 Å². The predicted octanol–water partition coefficient (Wildman–Crippen LogP) is 3.42. The highest BCUT2D eigenvalue weighted by molar-refractivity contribution is 6.05. The van der Waals surface area contributed by atoms with Crippen LogP contribution in [0.25, 0.3) is 0 Å². The second-order valence-corrected chi connectivity index (χ2v) is 4.58. The molecule has 2 rings (SSSR count). The van der Waals surface area contributed by atoms with E-state index in [1.54, 1.807) is 19.1 Å². The van der Waals surface area contributed by atoms with Crippen LogP contribution in [-0.4, -0.2) is 5.91 Å². The Bertz CT molecular complexity index is 684. The molecule has 0 spiro atoms. The number of anilines is 2. The number of amides is 1. The molecule has 2 aromatic carbocycles. The van der Waals surface area contributed by atoms with Crippen molar-refractivity contribution in [1.29, 1.82) is 0 Å². The van der Waals surface area contributed by atoms with Gasteiger partial charge in [-0.25, -0.2) is 8.78 Å². The number of halogens is 2. The van der Waals surface area contributed by atoms with Gasteiger partial charge in [0.1, 0.15) is 11.5 Å². The van der Waals surface area contributed by atoms with Gasteiger partial charge >= 0.3 is 0 Å². The number of rotatable bonds is 2. The Balaban J connectivity index is 2.32. The van der Waals surface area contributed by atoms with Gasteiger partial charge in [-0.05, 0) is 43.2 Å². The molecular formula is C15H14F2N2O. The van der Waals surface area contributed by atoms with E-state index < -0.39 is 23.2 Å². The van der Waals surface area contributed by atoms with E-state index in [9.17, 15) is 13.6 Å². The normalized spacial score (nSPS) is 10.4. The SMILES string of the molecule is Cc1ccc(C(=O)Nc2c(F)ccc(C)c2F)cc1N. The van der Waals surface area contributed by atoms with Gasteiger partial charge in [-0.3, -0.25) is 4.79 Å². The summed E-state index contributed by atoms with van der Waals surface area (Å²) >= 11 is 0. The summed E-state index contributed by atoms with van der Waals surface area (Å²) < 4.78 is 27.4. The largest absolute Gasteiger partial charge is 0.398 e. The third kappa shape index (κ3) is 2.61. The zero-order valence-electron chi connectivity index (χ0n) is 11.1. The molecule has 3 nitrogen and oxygen atoms in total. The van der Waals surface area contributed by atoms with Crippen LogP contribution in [-0.2, 0) is 0 Å². The molecule has 0 heterocycles. The van der Waals surface area contributed by atoms with Gasteiger partial charge in [0.2, 0.25) is 0 Å². The second-order valence-electron chi connectivity index (χ2n) is 4.58. The fourth-order valence-corrected chi connectivity index (χ4v) is 1.74. The first-order valence-electron chi connectivity index (χ1n) is 6.02. The van der Waals surface area contributed by atoms with E-state index in [1.165, 1.54) is 19.1 Å². The van der Waals surface area contributed by atoms with Gasteiger partial charge in [0.05, 0.1) is 0 Å². The van der Waals surface area contributed by atoms with Crippen LogP contribution in [0.15, 0.2) is 30.3 Å². The van der Waals surface area contributed by atoms with Crippen molar-refractivity contribution in [2.75, 3.05) is 11.1 Å². The van der Waals surface area contributed by atoms with Crippen LogP contribution in [0, 0.1) is 25.5 Å². The lowest BCUT2D eigenvalue weighted by Crippen LogP contribution is -2.15. The topological polar surface area (TPSA) is 55.1 Å². The Morgan fingerprint density at radius 3 is 2.40 bits per heavy atom. The van der Waals surface area contributed by atoms with E-state index in [1.807, 2.05) is 0 Å². The number of carbonyl (C=O) groups is 1. The molecule has 0 aromatic heterocycles. The monoisotopic (exact) mass is 276 g/mol. The van der Waals surface area contributed by atoms with E-state index in [4.69, 9.17) is 5.73 Å². The number of carbonyl (C=O) groups excluding carboxylic acids is 1. The smallest absolute Gasteiger partial charge is 0.255 e. The molecule has 2 aromatic rings. The maximum Gasteiger partial charge on any atom is 0.255 e. The van der Waals surface area contributed by atoms with Gasteiger partial charge in [-0.2, -0.15) is 0 Å². The summed E-state index contributed by atoms with van der Waals surface area (Å²) in [5, 5.41) is 2.24. The number of benzene rings is 2. The maximum absolute atomic E-state index is 13.8. The highest BCUT2D eigenvalue weighted by Gasteiger charge is 2.15. The van der Waals surface area contributed by atoms with Crippen LogP contribution in [0.2, 0.25) is 0 Å².